The monoisotopic (exact) mass is 510 g/mol. The molecular weight excluding hydrogens is 471 g/mol. The van der Waals surface area contributed by atoms with Crippen LogP contribution in [0.3, 0.4) is 0 Å². The van der Waals surface area contributed by atoms with Crippen LogP contribution in [0.1, 0.15) is 71.6 Å². The number of halogens is 1. The Balaban J connectivity index is 3.06. The zero-order valence-electron chi connectivity index (χ0n) is 16.3. The molecule has 1 rings (SSSR count). The summed E-state index contributed by atoms with van der Waals surface area (Å²) >= 11 is 1.87. The second kappa shape index (κ2) is 9.77. The second-order valence-electron chi connectivity index (χ2n) is 8.42. The van der Waals surface area contributed by atoms with Gasteiger partial charge in [-0.3, -0.25) is 0 Å². The van der Waals surface area contributed by atoms with E-state index in [9.17, 15) is 0 Å². The molecule has 0 radical (unpaired) electrons. The van der Waals surface area contributed by atoms with E-state index in [1.54, 1.807) is 3.59 Å². The fourth-order valence-corrected chi connectivity index (χ4v) is 22.7. The van der Waals surface area contributed by atoms with Crippen molar-refractivity contribution in [2.24, 2.45) is 0 Å². The third-order valence-corrected chi connectivity index (χ3v) is 25.6. The minimum absolute atomic E-state index is 0.0176. The van der Waals surface area contributed by atoms with Gasteiger partial charge in [0, 0.05) is 0 Å². The first-order valence-electron chi connectivity index (χ1n) is 9.78. The molecule has 1 aliphatic carbocycles. The van der Waals surface area contributed by atoms with Crippen LogP contribution in [0.2, 0.25) is 28.5 Å². The van der Waals surface area contributed by atoms with E-state index in [1.807, 2.05) is 0 Å². The van der Waals surface area contributed by atoms with E-state index in [0.29, 0.717) is 0 Å². The summed E-state index contributed by atoms with van der Waals surface area (Å²) in [6, 6.07) is 0. The topological polar surface area (TPSA) is 9.23 Å². The molecule has 1 fully saturated rings. The van der Waals surface area contributed by atoms with Crippen LogP contribution in [-0.4, -0.2) is 30.1 Å². The van der Waals surface area contributed by atoms with Gasteiger partial charge in [0.15, 0.2) is 0 Å². The predicted octanol–water partition coefficient (Wildman–Crippen LogP) is 7.58. The van der Waals surface area contributed by atoms with Crippen molar-refractivity contribution in [2.45, 2.75) is 106 Å². The summed E-state index contributed by atoms with van der Waals surface area (Å²) in [7, 11) is -1.57. The number of hydrogen-bond acceptors (Lipinski definition) is 1. The van der Waals surface area contributed by atoms with Gasteiger partial charge in [-0.25, -0.2) is 0 Å². The molecule has 0 aliphatic heterocycles. The standard InChI is InChI=1S/C11H21OSi.2C4H9.BrH.Sn/c1-5-11(12-13(2,3)4)9-7-6-8-10-11;2*1-3-4-2;;/h1,6-10H2,2-4H3;2*1,3-4H2,2H3;1H;/q;;;;+1/p-1. The fraction of sp³-hybridized carbons (Fsp3) is 0.895. The molecule has 0 N–H and O–H groups in total. The molecule has 0 bridgehead atoms. The van der Waals surface area contributed by atoms with Gasteiger partial charge in [0.1, 0.15) is 0 Å². The molecule has 0 spiro atoms. The Labute approximate surface area is 156 Å². The van der Waals surface area contributed by atoms with Gasteiger partial charge in [-0.1, -0.05) is 0 Å². The summed E-state index contributed by atoms with van der Waals surface area (Å²) in [4.78, 5) is 0. The average molecular weight is 510 g/mol. The Hall–Kier alpha value is 1.20. The molecule has 0 heterocycles. The third kappa shape index (κ3) is 6.78. The fourth-order valence-electron chi connectivity index (χ4n) is 3.92. The van der Waals surface area contributed by atoms with Crippen molar-refractivity contribution in [3.8, 4) is 0 Å². The molecular formula is C19H39BrOSiSn. The number of rotatable bonds is 10. The maximum absolute atomic E-state index is 6.90. The zero-order chi connectivity index (χ0) is 17.6. The van der Waals surface area contributed by atoms with E-state index in [4.69, 9.17) is 11.0 Å². The van der Waals surface area contributed by atoms with Gasteiger partial charge in [-0.05, 0) is 0 Å². The molecule has 1 saturated carbocycles. The number of unbranched alkanes of at least 4 members (excludes halogenated alkanes) is 2. The van der Waals surface area contributed by atoms with Crippen LogP contribution in [0.15, 0.2) is 10.2 Å². The molecule has 0 aromatic carbocycles. The van der Waals surface area contributed by atoms with Crippen LogP contribution in [-0.2, 0) is 4.43 Å². The van der Waals surface area contributed by atoms with Crippen LogP contribution in [0, 0.1) is 0 Å². The van der Waals surface area contributed by atoms with Crippen molar-refractivity contribution in [3.63, 3.8) is 0 Å². The van der Waals surface area contributed by atoms with Gasteiger partial charge >= 0.3 is 158 Å². The van der Waals surface area contributed by atoms with Gasteiger partial charge in [-0.2, -0.15) is 0 Å². The first-order chi connectivity index (χ1) is 10.7. The SMILES string of the molecule is C=[C](C1(O[Si](C)(C)C)CCCCC1)[Sn]([Br])([CH2]CCC)[CH2]CCC. The Morgan fingerprint density at radius 1 is 1.04 bits per heavy atom. The maximum atomic E-state index is 6.90. The van der Waals surface area contributed by atoms with E-state index in [2.05, 4.69) is 46.2 Å². The van der Waals surface area contributed by atoms with Crippen LogP contribution < -0.4 is 0 Å². The Bertz CT molecular complexity index is 364. The Morgan fingerprint density at radius 2 is 1.52 bits per heavy atom. The van der Waals surface area contributed by atoms with Crippen LogP contribution >= 0.6 is 12.7 Å². The minimum atomic E-state index is -2.51. The first-order valence-corrected chi connectivity index (χ1v) is 25.0. The molecule has 136 valence electrons. The average Bonchev–Trinajstić information content (AvgIpc) is 2.49. The van der Waals surface area contributed by atoms with Gasteiger partial charge in [0.05, 0.1) is 0 Å². The Morgan fingerprint density at radius 3 is 1.91 bits per heavy atom. The molecule has 23 heavy (non-hydrogen) atoms. The van der Waals surface area contributed by atoms with Crippen LogP contribution in [0.5, 0.6) is 0 Å². The molecule has 1 aliphatic rings. The second-order valence-corrected chi connectivity index (χ2v) is 33.1. The van der Waals surface area contributed by atoms with E-state index in [0.717, 1.165) is 0 Å². The van der Waals surface area contributed by atoms with Crippen molar-refractivity contribution in [1.82, 2.24) is 0 Å². The summed E-state index contributed by atoms with van der Waals surface area (Å²) in [5.74, 6) is 0. The number of hydrogen-bond donors (Lipinski definition) is 0. The molecule has 4 heteroatoms. The molecule has 0 amide bonds. The van der Waals surface area contributed by atoms with Gasteiger partial charge in [0.25, 0.3) is 0 Å². The predicted molar refractivity (Wildman–Crippen MR) is 113 cm³/mol. The summed E-state index contributed by atoms with van der Waals surface area (Å²) in [5, 5.41) is 0. The van der Waals surface area contributed by atoms with E-state index in [1.165, 1.54) is 66.7 Å². The summed E-state index contributed by atoms with van der Waals surface area (Å²) < 4.78 is 11.3. The zero-order valence-corrected chi connectivity index (χ0v) is 21.7. The molecule has 0 unspecified atom stereocenters. The van der Waals surface area contributed by atoms with Gasteiger partial charge in [0.2, 0.25) is 0 Å². The van der Waals surface area contributed by atoms with Crippen molar-refractivity contribution in [1.29, 1.82) is 0 Å². The van der Waals surface area contributed by atoms with Gasteiger partial charge in [-0.15, -0.1) is 0 Å². The Kier molecular flexibility index (Phi) is 9.45. The first kappa shape index (κ1) is 22.2. The van der Waals surface area contributed by atoms with Gasteiger partial charge < -0.3 is 0 Å². The molecule has 1 nitrogen and oxygen atoms in total. The molecule has 0 atom stereocenters. The molecule has 0 aromatic rings. The van der Waals surface area contributed by atoms with Crippen LogP contribution in [0.4, 0.5) is 0 Å². The van der Waals surface area contributed by atoms with E-state index < -0.39 is 24.5 Å². The van der Waals surface area contributed by atoms with Crippen LogP contribution in [0.25, 0.3) is 0 Å². The quantitative estimate of drug-likeness (QED) is 0.276. The summed E-state index contributed by atoms with van der Waals surface area (Å²) in [6.45, 7) is 16.4. The summed E-state index contributed by atoms with van der Waals surface area (Å²) in [6.07, 6.45) is 11.8. The van der Waals surface area contributed by atoms with E-state index >= 15 is 0 Å². The van der Waals surface area contributed by atoms with Crippen molar-refractivity contribution < 1.29 is 4.43 Å². The molecule has 0 aromatic heterocycles. The van der Waals surface area contributed by atoms with Crippen molar-refractivity contribution in [3.05, 3.63) is 10.2 Å². The summed E-state index contributed by atoms with van der Waals surface area (Å²) in [5.41, 5.74) is 0.0176. The van der Waals surface area contributed by atoms with Crippen molar-refractivity contribution >= 4 is 37.2 Å². The third-order valence-electron chi connectivity index (χ3n) is 5.11. The normalized spacial score (nSPS) is 18.9. The molecule has 0 saturated heterocycles. The van der Waals surface area contributed by atoms with E-state index in [-0.39, 0.29) is 5.60 Å². The van der Waals surface area contributed by atoms with Crippen molar-refractivity contribution in [2.75, 3.05) is 0 Å².